The van der Waals surface area contributed by atoms with Gasteiger partial charge in [-0.25, -0.2) is 9.78 Å². The molecule has 0 spiro atoms. The van der Waals surface area contributed by atoms with Gasteiger partial charge in [-0.3, -0.25) is 14.3 Å². The molecule has 136 valence electrons. The summed E-state index contributed by atoms with van der Waals surface area (Å²) < 4.78 is 3.14. The number of rotatable bonds is 5. The molecule has 2 aromatic heterocycles. The van der Waals surface area contributed by atoms with Crippen LogP contribution in [0.1, 0.15) is 12.5 Å². The molecule has 0 aliphatic rings. The van der Waals surface area contributed by atoms with Crippen molar-refractivity contribution < 1.29 is 0 Å². The summed E-state index contributed by atoms with van der Waals surface area (Å²) in [7, 11) is 1.58. The van der Waals surface area contributed by atoms with E-state index in [2.05, 4.69) is 9.97 Å². The molecule has 0 unspecified atom stereocenters. The third-order valence-electron chi connectivity index (χ3n) is 3.80. The summed E-state index contributed by atoms with van der Waals surface area (Å²) in [6.45, 7) is 2.23. The highest BCUT2D eigenvalue weighted by Gasteiger charge is 2.17. The standard InChI is InChI=1S/C17H16Cl2N4O2S/c1-10(18)7-8-26-17-20-14-13(15(24)21-16(25)22(14)2)23(17)9-11-3-5-12(19)6-4-11/h3-7H,8-9H2,1-2H3,(H,21,24,25). The molecular weight excluding hydrogens is 395 g/mol. The quantitative estimate of drug-likeness (QED) is 0.654. The molecule has 0 saturated heterocycles. The van der Waals surface area contributed by atoms with Crippen molar-refractivity contribution in [2.75, 3.05) is 5.75 Å². The van der Waals surface area contributed by atoms with Crippen molar-refractivity contribution in [2.24, 2.45) is 7.05 Å². The Kier molecular flexibility index (Phi) is 5.60. The molecule has 0 radical (unpaired) electrons. The summed E-state index contributed by atoms with van der Waals surface area (Å²) in [5.74, 6) is 0.602. The summed E-state index contributed by atoms with van der Waals surface area (Å²) in [4.78, 5) is 31.1. The van der Waals surface area contributed by atoms with Crippen LogP contribution in [-0.2, 0) is 13.6 Å². The Balaban J connectivity index is 2.14. The van der Waals surface area contributed by atoms with E-state index in [0.29, 0.717) is 38.7 Å². The molecule has 2 heterocycles. The molecule has 9 heteroatoms. The van der Waals surface area contributed by atoms with Crippen molar-refractivity contribution in [3.05, 3.63) is 66.8 Å². The zero-order valence-electron chi connectivity index (χ0n) is 14.1. The van der Waals surface area contributed by atoms with Gasteiger partial charge in [-0.1, -0.05) is 53.2 Å². The molecule has 0 saturated carbocycles. The lowest BCUT2D eigenvalue weighted by atomic mass is 10.2. The van der Waals surface area contributed by atoms with E-state index < -0.39 is 11.2 Å². The molecule has 1 aromatic carbocycles. The molecule has 0 bridgehead atoms. The van der Waals surface area contributed by atoms with Gasteiger partial charge < -0.3 is 4.57 Å². The number of aryl methyl sites for hydroxylation is 1. The van der Waals surface area contributed by atoms with Crippen LogP contribution >= 0.6 is 35.0 Å². The predicted octanol–water partition coefficient (Wildman–Crippen LogP) is 3.36. The van der Waals surface area contributed by atoms with E-state index in [1.807, 2.05) is 18.2 Å². The highest BCUT2D eigenvalue weighted by atomic mass is 35.5. The van der Waals surface area contributed by atoms with Gasteiger partial charge in [-0.2, -0.15) is 0 Å². The number of thioether (sulfide) groups is 1. The summed E-state index contributed by atoms with van der Waals surface area (Å²) in [5, 5.41) is 1.96. The molecule has 3 rings (SSSR count). The molecule has 0 aliphatic heterocycles. The Hall–Kier alpha value is -1.96. The molecule has 6 nitrogen and oxygen atoms in total. The Bertz CT molecular complexity index is 1090. The first-order valence-electron chi connectivity index (χ1n) is 7.76. The van der Waals surface area contributed by atoms with Crippen molar-refractivity contribution in [3.63, 3.8) is 0 Å². The first kappa shape index (κ1) is 18.8. The van der Waals surface area contributed by atoms with Crippen molar-refractivity contribution >= 4 is 46.1 Å². The summed E-state index contributed by atoms with van der Waals surface area (Å²) in [6.07, 6.45) is 1.86. The average molecular weight is 411 g/mol. The monoisotopic (exact) mass is 410 g/mol. The van der Waals surface area contributed by atoms with Gasteiger partial charge in [0.25, 0.3) is 5.56 Å². The number of imidazole rings is 1. The van der Waals surface area contributed by atoms with E-state index in [0.717, 1.165) is 5.56 Å². The minimum atomic E-state index is -0.494. The van der Waals surface area contributed by atoms with Crippen LogP contribution in [0.3, 0.4) is 0 Å². The number of fused-ring (bicyclic) bond motifs is 1. The smallest absolute Gasteiger partial charge is 0.309 e. The zero-order valence-corrected chi connectivity index (χ0v) is 16.5. The van der Waals surface area contributed by atoms with Crippen LogP contribution in [0.15, 0.2) is 50.1 Å². The summed E-state index contributed by atoms with van der Waals surface area (Å²) in [5.41, 5.74) is 0.720. The Morgan fingerprint density at radius 2 is 2.00 bits per heavy atom. The molecule has 0 atom stereocenters. The van der Waals surface area contributed by atoms with Crippen LogP contribution in [0.2, 0.25) is 5.02 Å². The third-order valence-corrected chi connectivity index (χ3v) is 5.11. The number of nitrogens with one attached hydrogen (secondary N) is 1. The normalized spacial score (nSPS) is 12.1. The van der Waals surface area contributed by atoms with Crippen LogP contribution in [0.25, 0.3) is 11.2 Å². The fourth-order valence-corrected chi connectivity index (χ4v) is 3.71. The maximum atomic E-state index is 12.4. The van der Waals surface area contributed by atoms with E-state index in [4.69, 9.17) is 23.2 Å². The van der Waals surface area contributed by atoms with E-state index in [9.17, 15) is 9.59 Å². The number of hydrogen-bond donors (Lipinski definition) is 1. The largest absolute Gasteiger partial charge is 0.329 e. The van der Waals surface area contributed by atoms with E-state index in [-0.39, 0.29) is 0 Å². The maximum Gasteiger partial charge on any atom is 0.329 e. The first-order chi connectivity index (χ1) is 12.4. The summed E-state index contributed by atoms with van der Waals surface area (Å²) >= 11 is 13.3. The van der Waals surface area contributed by atoms with Gasteiger partial charge in [-0.15, -0.1) is 0 Å². The van der Waals surface area contributed by atoms with Gasteiger partial charge in [0.2, 0.25) is 0 Å². The van der Waals surface area contributed by atoms with Crippen molar-refractivity contribution in [1.82, 2.24) is 19.1 Å². The number of benzene rings is 1. The zero-order chi connectivity index (χ0) is 18.8. The Morgan fingerprint density at radius 1 is 1.31 bits per heavy atom. The lowest BCUT2D eigenvalue weighted by Crippen LogP contribution is -2.29. The molecule has 0 amide bonds. The molecule has 0 aliphatic carbocycles. The van der Waals surface area contributed by atoms with Gasteiger partial charge in [0, 0.05) is 22.9 Å². The maximum absolute atomic E-state index is 12.4. The number of allylic oxidation sites excluding steroid dienone is 1. The second kappa shape index (κ2) is 7.73. The van der Waals surface area contributed by atoms with Gasteiger partial charge in [0.05, 0.1) is 6.54 Å². The molecule has 3 aromatic rings. The topological polar surface area (TPSA) is 72.7 Å². The number of aromatic amines is 1. The van der Waals surface area contributed by atoms with E-state index >= 15 is 0 Å². The van der Waals surface area contributed by atoms with E-state index in [1.165, 1.54) is 16.3 Å². The minimum absolute atomic E-state index is 0.349. The average Bonchev–Trinajstić information content (AvgIpc) is 2.94. The van der Waals surface area contributed by atoms with Crippen LogP contribution in [0.5, 0.6) is 0 Å². The highest BCUT2D eigenvalue weighted by molar-refractivity contribution is 7.99. The summed E-state index contributed by atoms with van der Waals surface area (Å²) in [6, 6.07) is 7.37. The second-order valence-electron chi connectivity index (χ2n) is 5.70. The lowest BCUT2D eigenvalue weighted by molar-refractivity contribution is 0.728. The SMILES string of the molecule is CC(Cl)=CCSc1nc2c(c(=O)[nH]c(=O)n2C)n1Cc1ccc(Cl)cc1. The second-order valence-corrected chi connectivity index (χ2v) is 7.72. The van der Waals surface area contributed by atoms with Crippen molar-refractivity contribution in [3.8, 4) is 0 Å². The van der Waals surface area contributed by atoms with Crippen LogP contribution < -0.4 is 11.2 Å². The third kappa shape index (κ3) is 3.90. The minimum Gasteiger partial charge on any atom is -0.309 e. The van der Waals surface area contributed by atoms with Gasteiger partial charge in [-0.05, 0) is 24.6 Å². The number of H-pyrrole nitrogens is 1. The van der Waals surface area contributed by atoms with Crippen LogP contribution in [0.4, 0.5) is 0 Å². The molecule has 1 N–H and O–H groups in total. The number of hydrogen-bond acceptors (Lipinski definition) is 4. The first-order valence-corrected chi connectivity index (χ1v) is 9.50. The highest BCUT2D eigenvalue weighted by Crippen LogP contribution is 2.24. The van der Waals surface area contributed by atoms with Gasteiger partial charge in [0.15, 0.2) is 16.3 Å². The van der Waals surface area contributed by atoms with Crippen LogP contribution in [0, 0.1) is 0 Å². The predicted molar refractivity (Wildman–Crippen MR) is 106 cm³/mol. The van der Waals surface area contributed by atoms with Gasteiger partial charge >= 0.3 is 5.69 Å². The fraction of sp³-hybridized carbons (Fsp3) is 0.235. The number of aromatic nitrogens is 4. The van der Waals surface area contributed by atoms with Crippen molar-refractivity contribution in [2.45, 2.75) is 18.6 Å². The fourth-order valence-electron chi connectivity index (χ4n) is 2.47. The number of nitrogens with zero attached hydrogens (tertiary/aromatic N) is 3. The van der Waals surface area contributed by atoms with E-state index in [1.54, 1.807) is 30.7 Å². The van der Waals surface area contributed by atoms with Crippen molar-refractivity contribution in [1.29, 1.82) is 0 Å². The number of halogens is 2. The lowest BCUT2D eigenvalue weighted by Gasteiger charge is -2.08. The molecule has 0 fully saturated rings. The molecular formula is C17H16Cl2N4O2S. The molecule has 26 heavy (non-hydrogen) atoms. The van der Waals surface area contributed by atoms with Crippen LogP contribution in [-0.4, -0.2) is 24.9 Å². The Labute approximate surface area is 163 Å². The van der Waals surface area contributed by atoms with Gasteiger partial charge in [0.1, 0.15) is 0 Å². The Morgan fingerprint density at radius 3 is 2.65 bits per heavy atom.